The van der Waals surface area contributed by atoms with Crippen LogP contribution < -0.4 is 0 Å². The van der Waals surface area contributed by atoms with Crippen molar-refractivity contribution in [2.24, 2.45) is 0 Å². The van der Waals surface area contributed by atoms with Crippen molar-refractivity contribution in [3.8, 4) is 0 Å². The third-order valence-corrected chi connectivity index (χ3v) is 8.58. The smallest absolute Gasteiger partial charge is 0.0720 e. The number of aliphatic hydroxyl groups excluding tert-OH is 1. The number of hydrogen-bond acceptors (Lipinski definition) is 3. The number of fused-ring (bicyclic) bond motifs is 2. The fourth-order valence-corrected chi connectivity index (χ4v) is 6.51. The summed E-state index contributed by atoms with van der Waals surface area (Å²) in [6.45, 7) is 5.21. The molecular weight excluding hydrogens is 483 g/mol. The molecule has 3 nitrogen and oxygen atoms in total. The summed E-state index contributed by atoms with van der Waals surface area (Å²) >= 11 is 2.37. The minimum Gasteiger partial charge on any atom is -0.391 e. The molecule has 0 radical (unpaired) electrons. The van der Waals surface area contributed by atoms with E-state index in [4.69, 9.17) is 0 Å². The SMILES string of the molecule is OC1CCN(Cc2ccc(I)cc2)CC1N1CCC2(CCCc3ccccc32)CC1. The molecule has 2 aliphatic heterocycles. The molecule has 0 aromatic heterocycles. The van der Waals surface area contributed by atoms with Crippen LogP contribution in [0, 0.1) is 3.57 Å². The molecule has 2 aromatic rings. The van der Waals surface area contributed by atoms with Crippen LogP contribution in [0.4, 0.5) is 0 Å². The number of aryl methyl sites for hydroxylation is 1. The van der Waals surface area contributed by atoms with Crippen molar-refractivity contribution in [1.82, 2.24) is 9.80 Å². The largest absolute Gasteiger partial charge is 0.391 e. The zero-order valence-electron chi connectivity index (χ0n) is 17.8. The molecule has 160 valence electrons. The maximum Gasteiger partial charge on any atom is 0.0720 e. The van der Waals surface area contributed by atoms with Crippen molar-refractivity contribution >= 4 is 22.6 Å². The predicted molar refractivity (Wildman–Crippen MR) is 131 cm³/mol. The summed E-state index contributed by atoms with van der Waals surface area (Å²) in [6, 6.07) is 18.3. The number of aliphatic hydroxyl groups is 1. The zero-order chi connectivity index (χ0) is 20.6. The van der Waals surface area contributed by atoms with E-state index in [9.17, 15) is 5.11 Å². The summed E-state index contributed by atoms with van der Waals surface area (Å²) in [6.07, 6.45) is 7.09. The number of halogens is 1. The van der Waals surface area contributed by atoms with Gasteiger partial charge < -0.3 is 5.11 Å². The lowest BCUT2D eigenvalue weighted by molar-refractivity contribution is -0.0298. The van der Waals surface area contributed by atoms with Gasteiger partial charge >= 0.3 is 0 Å². The first-order valence-electron chi connectivity index (χ1n) is 11.6. The van der Waals surface area contributed by atoms with Crippen LogP contribution in [-0.4, -0.2) is 53.2 Å². The Balaban J connectivity index is 1.25. The minimum atomic E-state index is -0.189. The fraction of sp³-hybridized carbons (Fsp3) is 0.538. The van der Waals surface area contributed by atoms with Crippen LogP contribution in [0.5, 0.6) is 0 Å². The summed E-state index contributed by atoms with van der Waals surface area (Å²) in [5.41, 5.74) is 4.97. The molecule has 0 saturated carbocycles. The van der Waals surface area contributed by atoms with E-state index in [2.05, 4.69) is 80.9 Å². The van der Waals surface area contributed by atoms with Crippen molar-refractivity contribution < 1.29 is 5.11 Å². The third-order valence-electron chi connectivity index (χ3n) is 7.86. The lowest BCUT2D eigenvalue weighted by Gasteiger charge is -2.50. The Bertz CT molecular complexity index is 860. The Morgan fingerprint density at radius 1 is 0.967 bits per heavy atom. The first kappa shape index (κ1) is 20.9. The highest BCUT2D eigenvalue weighted by Crippen LogP contribution is 2.45. The van der Waals surface area contributed by atoms with E-state index >= 15 is 0 Å². The van der Waals surface area contributed by atoms with Crippen LogP contribution in [0.15, 0.2) is 48.5 Å². The number of rotatable bonds is 3. The van der Waals surface area contributed by atoms with Gasteiger partial charge in [-0.25, -0.2) is 0 Å². The molecule has 5 rings (SSSR count). The molecule has 1 N–H and O–H groups in total. The van der Waals surface area contributed by atoms with Crippen LogP contribution in [0.2, 0.25) is 0 Å². The molecule has 1 aliphatic carbocycles. The number of benzene rings is 2. The van der Waals surface area contributed by atoms with E-state index in [0.29, 0.717) is 5.41 Å². The van der Waals surface area contributed by atoms with Crippen molar-refractivity contribution in [2.45, 2.75) is 62.6 Å². The van der Waals surface area contributed by atoms with Gasteiger partial charge in [-0.2, -0.15) is 0 Å². The molecule has 2 heterocycles. The summed E-state index contributed by atoms with van der Waals surface area (Å²) in [4.78, 5) is 5.15. The van der Waals surface area contributed by atoms with Crippen LogP contribution in [0.1, 0.15) is 48.8 Å². The quantitative estimate of drug-likeness (QED) is 0.605. The predicted octanol–water partition coefficient (Wildman–Crippen LogP) is 4.60. The van der Waals surface area contributed by atoms with Gasteiger partial charge in [-0.15, -0.1) is 0 Å². The molecule has 2 aromatic carbocycles. The van der Waals surface area contributed by atoms with Gasteiger partial charge in [-0.1, -0.05) is 36.4 Å². The van der Waals surface area contributed by atoms with Crippen LogP contribution in [-0.2, 0) is 18.4 Å². The average molecular weight is 516 g/mol. The number of nitrogens with zero attached hydrogens (tertiary/aromatic N) is 2. The molecule has 3 aliphatic rings. The number of hydrogen-bond donors (Lipinski definition) is 1. The second-order valence-electron chi connectivity index (χ2n) is 9.61. The summed E-state index contributed by atoms with van der Waals surface area (Å²) in [5, 5.41) is 10.8. The van der Waals surface area contributed by atoms with Crippen LogP contribution >= 0.6 is 22.6 Å². The highest BCUT2D eigenvalue weighted by molar-refractivity contribution is 14.1. The first-order chi connectivity index (χ1) is 14.6. The fourth-order valence-electron chi connectivity index (χ4n) is 6.15. The second kappa shape index (κ2) is 8.89. The highest BCUT2D eigenvalue weighted by atomic mass is 127. The standard InChI is InChI=1S/C26H33IN2O/c27-22-9-7-20(8-10-22)18-28-15-11-25(30)24(19-28)29-16-13-26(14-17-29)12-3-5-21-4-1-2-6-23(21)26/h1-2,4,6-10,24-25,30H,3,5,11-19H2. The van der Waals surface area contributed by atoms with Crippen molar-refractivity contribution in [3.63, 3.8) is 0 Å². The minimum absolute atomic E-state index is 0.189. The van der Waals surface area contributed by atoms with Gasteiger partial charge in [0.25, 0.3) is 0 Å². The van der Waals surface area contributed by atoms with Gasteiger partial charge in [0.05, 0.1) is 6.10 Å². The Morgan fingerprint density at radius 3 is 2.53 bits per heavy atom. The van der Waals surface area contributed by atoms with E-state index in [-0.39, 0.29) is 12.1 Å². The molecule has 1 spiro atoms. The lowest BCUT2D eigenvalue weighted by atomic mass is 9.64. The molecule has 30 heavy (non-hydrogen) atoms. The molecule has 4 heteroatoms. The van der Waals surface area contributed by atoms with Gasteiger partial charge in [0.2, 0.25) is 0 Å². The van der Waals surface area contributed by atoms with Gasteiger partial charge in [0.15, 0.2) is 0 Å². The van der Waals surface area contributed by atoms with E-state index in [1.54, 1.807) is 11.1 Å². The third kappa shape index (κ3) is 4.21. The van der Waals surface area contributed by atoms with Gasteiger partial charge in [0, 0.05) is 29.2 Å². The lowest BCUT2D eigenvalue weighted by Crippen LogP contribution is -2.58. The average Bonchev–Trinajstić information content (AvgIpc) is 2.78. The summed E-state index contributed by atoms with van der Waals surface area (Å²) < 4.78 is 1.29. The molecule has 2 atom stereocenters. The van der Waals surface area contributed by atoms with Gasteiger partial charge in [-0.05, 0) is 108 Å². The molecule has 2 unspecified atom stereocenters. The Labute approximate surface area is 194 Å². The van der Waals surface area contributed by atoms with E-state index in [1.807, 2.05) is 0 Å². The van der Waals surface area contributed by atoms with E-state index in [1.165, 1.54) is 41.2 Å². The summed E-state index contributed by atoms with van der Waals surface area (Å²) in [5.74, 6) is 0. The van der Waals surface area contributed by atoms with Crippen molar-refractivity contribution in [3.05, 3.63) is 68.8 Å². The van der Waals surface area contributed by atoms with E-state index < -0.39 is 0 Å². The maximum absolute atomic E-state index is 10.8. The van der Waals surface area contributed by atoms with E-state index in [0.717, 1.165) is 39.1 Å². The first-order valence-corrected chi connectivity index (χ1v) is 12.7. The normalized spacial score (nSPS) is 27.1. The van der Waals surface area contributed by atoms with Crippen LogP contribution in [0.3, 0.4) is 0 Å². The Kier molecular flexibility index (Phi) is 6.20. The molecule has 2 saturated heterocycles. The zero-order valence-corrected chi connectivity index (χ0v) is 19.9. The topological polar surface area (TPSA) is 26.7 Å². The number of piperidine rings is 2. The number of likely N-dealkylation sites (tertiary alicyclic amines) is 2. The highest BCUT2D eigenvalue weighted by Gasteiger charge is 2.42. The molecule has 0 bridgehead atoms. The van der Waals surface area contributed by atoms with Crippen molar-refractivity contribution in [2.75, 3.05) is 26.2 Å². The van der Waals surface area contributed by atoms with Gasteiger partial charge in [0.1, 0.15) is 0 Å². The molecule has 2 fully saturated rings. The van der Waals surface area contributed by atoms with Crippen LogP contribution in [0.25, 0.3) is 0 Å². The molecule has 0 amide bonds. The molecular formula is C26H33IN2O. The summed E-state index contributed by atoms with van der Waals surface area (Å²) in [7, 11) is 0. The monoisotopic (exact) mass is 516 g/mol. The Hall–Kier alpha value is -0.950. The maximum atomic E-state index is 10.8. The Morgan fingerprint density at radius 2 is 1.73 bits per heavy atom. The van der Waals surface area contributed by atoms with Gasteiger partial charge in [-0.3, -0.25) is 9.80 Å². The second-order valence-corrected chi connectivity index (χ2v) is 10.9. The van der Waals surface area contributed by atoms with Crippen molar-refractivity contribution in [1.29, 1.82) is 0 Å².